The zero-order valence-corrected chi connectivity index (χ0v) is 15.0. The maximum Gasteiger partial charge on any atom is 0.354 e. The van der Waals surface area contributed by atoms with Gasteiger partial charge in [0, 0.05) is 46.0 Å². The van der Waals surface area contributed by atoms with Gasteiger partial charge in [-0.15, -0.1) is 0 Å². The van der Waals surface area contributed by atoms with E-state index in [1.54, 1.807) is 7.05 Å². The molecule has 1 saturated heterocycles. The Morgan fingerprint density at radius 2 is 1.92 bits per heavy atom. The van der Waals surface area contributed by atoms with Crippen molar-refractivity contribution in [2.24, 2.45) is 7.05 Å². The molecule has 24 heavy (non-hydrogen) atoms. The van der Waals surface area contributed by atoms with Crippen molar-refractivity contribution in [3.63, 3.8) is 0 Å². The molecule has 1 N–H and O–H groups in total. The van der Waals surface area contributed by atoms with Crippen molar-refractivity contribution >= 4 is 16.0 Å². The normalized spacial score (nSPS) is 17.1. The number of hydrogen-bond donors (Lipinski definition) is 1. The van der Waals surface area contributed by atoms with Crippen LogP contribution in [0.3, 0.4) is 0 Å². The first-order valence-electron chi connectivity index (χ1n) is 7.98. The highest BCUT2D eigenvalue weighted by Crippen LogP contribution is 2.20. The lowest BCUT2D eigenvalue weighted by molar-refractivity contribution is 0.0590. The van der Waals surface area contributed by atoms with Crippen LogP contribution in [-0.4, -0.2) is 79.7 Å². The Labute approximate surface area is 142 Å². The summed E-state index contributed by atoms with van der Waals surface area (Å²) in [6.07, 6.45) is 3.11. The summed E-state index contributed by atoms with van der Waals surface area (Å²) >= 11 is 0. The summed E-state index contributed by atoms with van der Waals surface area (Å²) in [6.45, 7) is 3.23. The van der Waals surface area contributed by atoms with Crippen LogP contribution in [0.5, 0.6) is 0 Å². The SMILES string of the molecule is COC(=O)c1cc(S(=O)(=O)N2CCN(CCCCO)CC2)cn1C. The van der Waals surface area contributed by atoms with E-state index in [1.165, 1.54) is 28.2 Å². The number of carbonyl (C=O) groups excluding carboxylic acids is 1. The minimum atomic E-state index is -3.62. The monoisotopic (exact) mass is 359 g/mol. The number of aryl methyl sites for hydroxylation is 1. The fourth-order valence-electron chi connectivity index (χ4n) is 2.77. The topological polar surface area (TPSA) is 92.1 Å². The summed E-state index contributed by atoms with van der Waals surface area (Å²) in [7, 11) is -0.737. The lowest BCUT2D eigenvalue weighted by Gasteiger charge is -2.33. The molecule has 1 aromatic rings. The molecule has 0 spiro atoms. The van der Waals surface area contributed by atoms with Crippen molar-refractivity contribution in [1.29, 1.82) is 0 Å². The largest absolute Gasteiger partial charge is 0.464 e. The summed E-state index contributed by atoms with van der Waals surface area (Å²) in [6, 6.07) is 1.36. The number of methoxy groups -OCH3 is 1. The summed E-state index contributed by atoms with van der Waals surface area (Å²) in [5, 5.41) is 8.81. The second-order valence-electron chi connectivity index (χ2n) is 5.84. The maximum absolute atomic E-state index is 12.7. The quantitative estimate of drug-likeness (QED) is 0.539. The molecule has 136 valence electrons. The summed E-state index contributed by atoms with van der Waals surface area (Å²) in [5.74, 6) is -0.562. The Morgan fingerprint density at radius 1 is 1.25 bits per heavy atom. The number of rotatable bonds is 7. The smallest absolute Gasteiger partial charge is 0.354 e. The van der Waals surface area contributed by atoms with E-state index in [9.17, 15) is 13.2 Å². The number of aromatic nitrogens is 1. The predicted molar refractivity (Wildman–Crippen MR) is 88.3 cm³/mol. The van der Waals surface area contributed by atoms with Crippen molar-refractivity contribution in [1.82, 2.24) is 13.8 Å². The van der Waals surface area contributed by atoms with Crippen LogP contribution < -0.4 is 0 Å². The van der Waals surface area contributed by atoms with E-state index < -0.39 is 16.0 Å². The van der Waals surface area contributed by atoms with Crippen molar-refractivity contribution in [3.8, 4) is 0 Å². The second-order valence-corrected chi connectivity index (χ2v) is 7.78. The van der Waals surface area contributed by atoms with E-state index >= 15 is 0 Å². The Hall–Kier alpha value is -1.42. The van der Waals surface area contributed by atoms with Gasteiger partial charge in [0.1, 0.15) is 10.6 Å². The van der Waals surface area contributed by atoms with Crippen LogP contribution in [-0.2, 0) is 21.8 Å². The molecule has 0 radical (unpaired) electrons. The zero-order valence-electron chi connectivity index (χ0n) is 14.1. The van der Waals surface area contributed by atoms with Crippen molar-refractivity contribution in [3.05, 3.63) is 18.0 Å². The first-order valence-corrected chi connectivity index (χ1v) is 9.42. The lowest BCUT2D eigenvalue weighted by atomic mass is 10.3. The number of unbranched alkanes of at least 4 members (excludes halogenated alkanes) is 1. The average Bonchev–Trinajstić information content (AvgIpc) is 2.97. The summed E-state index contributed by atoms with van der Waals surface area (Å²) in [5.41, 5.74) is 0.207. The van der Waals surface area contributed by atoms with Gasteiger partial charge in [-0.25, -0.2) is 13.2 Å². The van der Waals surface area contributed by atoms with Gasteiger partial charge in [-0.3, -0.25) is 0 Å². The molecule has 1 fully saturated rings. The third-order valence-corrected chi connectivity index (χ3v) is 6.09. The Kier molecular flexibility index (Phi) is 6.39. The number of carbonyl (C=O) groups is 1. The number of piperazine rings is 1. The molecule has 1 aliphatic heterocycles. The fraction of sp³-hybridized carbons (Fsp3) is 0.667. The Bertz CT molecular complexity index is 663. The molecule has 0 bridgehead atoms. The number of aliphatic hydroxyl groups is 1. The highest BCUT2D eigenvalue weighted by atomic mass is 32.2. The molecule has 8 nitrogen and oxygen atoms in total. The van der Waals surface area contributed by atoms with Gasteiger partial charge in [-0.2, -0.15) is 4.31 Å². The molecular weight excluding hydrogens is 334 g/mol. The molecule has 0 amide bonds. The first kappa shape index (κ1) is 18.9. The molecule has 2 rings (SSSR count). The van der Waals surface area contributed by atoms with Gasteiger partial charge in [-0.1, -0.05) is 0 Å². The van der Waals surface area contributed by atoms with Crippen LogP contribution in [0.15, 0.2) is 17.2 Å². The van der Waals surface area contributed by atoms with E-state index in [2.05, 4.69) is 9.64 Å². The molecule has 0 unspecified atom stereocenters. The van der Waals surface area contributed by atoms with Crippen molar-refractivity contribution < 1.29 is 23.1 Å². The molecule has 0 aromatic carbocycles. The molecule has 0 saturated carbocycles. The maximum atomic E-state index is 12.7. The van der Waals surface area contributed by atoms with Crippen molar-refractivity contribution in [2.45, 2.75) is 17.7 Å². The third kappa shape index (κ3) is 4.15. The minimum Gasteiger partial charge on any atom is -0.464 e. The van der Waals surface area contributed by atoms with Gasteiger partial charge < -0.3 is 19.3 Å². The van der Waals surface area contributed by atoms with E-state index in [0.717, 1.165) is 19.4 Å². The first-order chi connectivity index (χ1) is 11.4. The predicted octanol–water partition coefficient (Wildman–Crippen LogP) is -0.109. The van der Waals surface area contributed by atoms with Crippen LogP contribution in [0.4, 0.5) is 0 Å². The van der Waals surface area contributed by atoms with Crippen LogP contribution in [0.25, 0.3) is 0 Å². The van der Waals surface area contributed by atoms with E-state index in [1.807, 2.05) is 0 Å². The van der Waals surface area contributed by atoms with Gasteiger partial charge in [0.05, 0.1) is 7.11 Å². The van der Waals surface area contributed by atoms with Crippen molar-refractivity contribution in [2.75, 3.05) is 46.4 Å². The summed E-state index contributed by atoms with van der Waals surface area (Å²) in [4.78, 5) is 14.0. The van der Waals surface area contributed by atoms with Gasteiger partial charge in [-0.05, 0) is 25.5 Å². The second kappa shape index (κ2) is 8.11. The number of aliphatic hydroxyl groups excluding tert-OH is 1. The number of ether oxygens (including phenoxy) is 1. The molecule has 0 aliphatic carbocycles. The number of nitrogens with zero attached hydrogens (tertiary/aromatic N) is 3. The van der Waals surface area contributed by atoms with Gasteiger partial charge >= 0.3 is 5.97 Å². The molecule has 1 aliphatic rings. The van der Waals surface area contributed by atoms with Crippen LogP contribution >= 0.6 is 0 Å². The zero-order chi connectivity index (χ0) is 17.7. The highest BCUT2D eigenvalue weighted by Gasteiger charge is 2.30. The van der Waals surface area contributed by atoms with Gasteiger partial charge in [0.2, 0.25) is 10.0 Å². The van der Waals surface area contributed by atoms with E-state index in [4.69, 9.17) is 5.11 Å². The molecular formula is C15H25N3O5S. The third-order valence-electron chi connectivity index (χ3n) is 4.23. The van der Waals surface area contributed by atoms with Crippen LogP contribution in [0, 0.1) is 0 Å². The van der Waals surface area contributed by atoms with E-state index in [-0.39, 0.29) is 17.2 Å². The Balaban J connectivity index is 2.03. The number of hydrogen-bond acceptors (Lipinski definition) is 6. The lowest BCUT2D eigenvalue weighted by Crippen LogP contribution is -2.48. The van der Waals surface area contributed by atoms with Gasteiger partial charge in [0.25, 0.3) is 0 Å². The molecule has 9 heteroatoms. The highest BCUT2D eigenvalue weighted by molar-refractivity contribution is 7.89. The van der Waals surface area contributed by atoms with Crippen LogP contribution in [0.1, 0.15) is 23.3 Å². The van der Waals surface area contributed by atoms with E-state index in [0.29, 0.717) is 26.2 Å². The Morgan fingerprint density at radius 3 is 2.50 bits per heavy atom. The summed E-state index contributed by atoms with van der Waals surface area (Å²) < 4.78 is 33.0. The molecule has 0 atom stereocenters. The number of esters is 1. The average molecular weight is 359 g/mol. The van der Waals surface area contributed by atoms with Gasteiger partial charge in [0.15, 0.2) is 0 Å². The molecule has 2 heterocycles. The molecule has 1 aromatic heterocycles. The standard InChI is InChI=1S/C15H25N3O5S/c1-16-12-13(11-14(16)15(20)23-2)24(21,22)18-8-6-17(7-9-18)5-3-4-10-19/h11-12,19H,3-10H2,1-2H3. The number of sulfonamides is 1. The fourth-order valence-corrected chi connectivity index (χ4v) is 4.27. The minimum absolute atomic E-state index is 0.110. The van der Waals surface area contributed by atoms with Crippen LogP contribution in [0.2, 0.25) is 0 Å².